The molecule has 1 N–H and O–H groups in total. The Bertz CT molecular complexity index is 1680. The fraction of sp³-hybridized carbons (Fsp3) is 0.120. The minimum absolute atomic E-state index is 0.0862. The summed E-state index contributed by atoms with van der Waals surface area (Å²) in [6.45, 7) is 0.377. The number of anilines is 1. The highest BCUT2D eigenvalue weighted by Gasteiger charge is 2.18. The number of fused-ring (bicyclic) bond motifs is 2. The highest BCUT2D eigenvalue weighted by molar-refractivity contribution is 7.92. The first-order valence-electron chi connectivity index (χ1n) is 10.6. The molecule has 1 aromatic heterocycles. The van der Waals surface area contributed by atoms with Crippen molar-refractivity contribution in [1.82, 2.24) is 4.57 Å². The zero-order valence-corrected chi connectivity index (χ0v) is 20.6. The molecule has 0 bridgehead atoms. The van der Waals surface area contributed by atoms with Gasteiger partial charge in [0, 0.05) is 23.4 Å². The third kappa shape index (κ3) is 4.51. The van der Waals surface area contributed by atoms with Crippen molar-refractivity contribution in [2.24, 2.45) is 4.99 Å². The van der Waals surface area contributed by atoms with Gasteiger partial charge in [-0.25, -0.2) is 8.42 Å². The van der Waals surface area contributed by atoms with E-state index in [2.05, 4.69) is 15.6 Å². The summed E-state index contributed by atoms with van der Waals surface area (Å²) in [5, 5.41) is 0. The van der Waals surface area contributed by atoms with Crippen LogP contribution in [0.15, 0.2) is 70.6 Å². The second-order valence-corrected chi connectivity index (χ2v) is 10.3. The molecule has 1 amide bonds. The van der Waals surface area contributed by atoms with E-state index < -0.39 is 15.9 Å². The SMILES string of the molecule is C#CCn1c(=NC(=O)c2ccc(NS(=O)(=O)c3ccc(OC)cc3)cc2)sc2cc3c(cc21)OCO3. The van der Waals surface area contributed by atoms with E-state index in [0.29, 0.717) is 33.3 Å². The van der Waals surface area contributed by atoms with Gasteiger partial charge in [-0.3, -0.25) is 9.52 Å². The highest BCUT2D eigenvalue weighted by atomic mass is 32.2. The van der Waals surface area contributed by atoms with E-state index in [1.54, 1.807) is 16.7 Å². The van der Waals surface area contributed by atoms with Gasteiger partial charge in [-0.05, 0) is 48.5 Å². The van der Waals surface area contributed by atoms with Crippen LogP contribution in [0, 0.1) is 12.3 Å². The average molecular weight is 522 g/mol. The van der Waals surface area contributed by atoms with Gasteiger partial charge < -0.3 is 18.8 Å². The monoisotopic (exact) mass is 521 g/mol. The van der Waals surface area contributed by atoms with E-state index in [-0.39, 0.29) is 18.2 Å². The van der Waals surface area contributed by atoms with Crippen LogP contribution in [0.2, 0.25) is 0 Å². The van der Waals surface area contributed by atoms with Crippen LogP contribution in [0.5, 0.6) is 17.2 Å². The summed E-state index contributed by atoms with van der Waals surface area (Å²) in [4.78, 5) is 17.7. The van der Waals surface area contributed by atoms with Crippen LogP contribution in [-0.4, -0.2) is 32.8 Å². The first-order valence-corrected chi connectivity index (χ1v) is 12.9. The second-order valence-electron chi connectivity index (χ2n) is 7.62. The lowest BCUT2D eigenvalue weighted by molar-refractivity contribution is 0.0998. The van der Waals surface area contributed by atoms with Gasteiger partial charge in [-0.2, -0.15) is 4.99 Å². The number of methoxy groups -OCH3 is 1. The Kier molecular flexibility index (Phi) is 6.13. The van der Waals surface area contributed by atoms with Crippen molar-refractivity contribution in [2.45, 2.75) is 11.4 Å². The Morgan fingerprint density at radius 1 is 1.14 bits per heavy atom. The summed E-state index contributed by atoms with van der Waals surface area (Å²) < 4.78 is 46.3. The van der Waals surface area contributed by atoms with E-state index in [0.717, 1.165) is 10.2 Å². The molecule has 4 aromatic rings. The molecule has 0 unspecified atom stereocenters. The Labute approximate surface area is 210 Å². The lowest BCUT2D eigenvalue weighted by atomic mass is 10.2. The Morgan fingerprint density at radius 3 is 2.50 bits per heavy atom. The van der Waals surface area contributed by atoms with Gasteiger partial charge in [-0.15, -0.1) is 6.42 Å². The molecule has 0 atom stereocenters. The van der Waals surface area contributed by atoms with Crippen LogP contribution in [0.1, 0.15) is 10.4 Å². The number of ether oxygens (including phenoxy) is 3. The zero-order chi connectivity index (χ0) is 25.3. The van der Waals surface area contributed by atoms with Gasteiger partial charge in [0.25, 0.3) is 15.9 Å². The van der Waals surface area contributed by atoms with E-state index in [9.17, 15) is 13.2 Å². The number of thiazole rings is 1. The van der Waals surface area contributed by atoms with E-state index in [1.807, 2.05) is 12.1 Å². The number of sulfonamides is 1. The van der Waals surface area contributed by atoms with Gasteiger partial charge in [0.05, 0.1) is 28.8 Å². The number of hydrogen-bond donors (Lipinski definition) is 1. The summed E-state index contributed by atoms with van der Waals surface area (Å²) in [6.07, 6.45) is 5.55. The molecule has 1 aliphatic rings. The van der Waals surface area contributed by atoms with Gasteiger partial charge in [0.2, 0.25) is 6.79 Å². The summed E-state index contributed by atoms with van der Waals surface area (Å²) in [5.74, 6) is 3.88. The fourth-order valence-electron chi connectivity index (χ4n) is 3.59. The molecule has 2 heterocycles. The Hall–Kier alpha value is -4.27. The minimum atomic E-state index is -3.81. The van der Waals surface area contributed by atoms with Gasteiger partial charge in [0.1, 0.15) is 5.75 Å². The van der Waals surface area contributed by atoms with Crippen molar-refractivity contribution in [3.63, 3.8) is 0 Å². The molecule has 0 aliphatic carbocycles. The quantitative estimate of drug-likeness (QED) is 0.389. The van der Waals surface area contributed by atoms with Crippen molar-refractivity contribution in [2.75, 3.05) is 18.6 Å². The summed E-state index contributed by atoms with van der Waals surface area (Å²) >= 11 is 1.31. The number of rotatable bonds is 6. The number of aromatic nitrogens is 1. The fourth-order valence-corrected chi connectivity index (χ4v) is 5.69. The number of hydrogen-bond acceptors (Lipinski definition) is 7. The Morgan fingerprint density at radius 2 is 1.83 bits per heavy atom. The van der Waals surface area contributed by atoms with Crippen LogP contribution in [0.3, 0.4) is 0 Å². The number of terminal acetylenes is 1. The second kappa shape index (κ2) is 9.41. The molecule has 9 nitrogen and oxygen atoms in total. The van der Waals surface area contributed by atoms with Gasteiger partial charge in [-0.1, -0.05) is 17.3 Å². The van der Waals surface area contributed by atoms with Crippen LogP contribution < -0.4 is 23.7 Å². The van der Waals surface area contributed by atoms with Crippen LogP contribution >= 0.6 is 11.3 Å². The van der Waals surface area contributed by atoms with Crippen LogP contribution in [0.25, 0.3) is 10.2 Å². The number of benzene rings is 3. The first-order chi connectivity index (χ1) is 17.4. The maximum absolute atomic E-state index is 12.9. The molecule has 36 heavy (non-hydrogen) atoms. The van der Waals surface area contributed by atoms with Crippen molar-refractivity contribution >= 4 is 43.2 Å². The van der Waals surface area contributed by atoms with Crippen molar-refractivity contribution in [3.05, 3.63) is 71.0 Å². The number of amides is 1. The number of nitrogens with one attached hydrogen (secondary N) is 1. The van der Waals surface area contributed by atoms with E-state index >= 15 is 0 Å². The highest BCUT2D eigenvalue weighted by Crippen LogP contribution is 2.37. The molecule has 3 aromatic carbocycles. The molecule has 182 valence electrons. The predicted octanol–water partition coefficient (Wildman–Crippen LogP) is 3.62. The molecule has 11 heteroatoms. The zero-order valence-electron chi connectivity index (χ0n) is 18.9. The van der Waals surface area contributed by atoms with Crippen LogP contribution in [0.4, 0.5) is 5.69 Å². The molecule has 0 spiro atoms. The lowest BCUT2D eigenvalue weighted by Gasteiger charge is -2.09. The molecule has 0 saturated heterocycles. The van der Waals surface area contributed by atoms with Crippen molar-refractivity contribution < 1.29 is 27.4 Å². The topological polar surface area (TPSA) is 108 Å². The molecular formula is C25H19N3O6S2. The molecule has 0 radical (unpaired) electrons. The third-order valence-corrected chi connectivity index (χ3v) is 7.82. The number of nitrogens with zero attached hydrogens (tertiary/aromatic N) is 2. The molecule has 5 rings (SSSR count). The van der Waals surface area contributed by atoms with E-state index in [4.69, 9.17) is 20.6 Å². The molecule has 0 saturated carbocycles. The van der Waals surface area contributed by atoms with Gasteiger partial charge in [0.15, 0.2) is 16.3 Å². The van der Waals surface area contributed by atoms with E-state index in [1.165, 1.54) is 54.8 Å². The van der Waals surface area contributed by atoms with Gasteiger partial charge >= 0.3 is 0 Å². The summed E-state index contributed by atoms with van der Waals surface area (Å²) in [5.41, 5.74) is 1.39. The average Bonchev–Trinajstić information content (AvgIpc) is 3.47. The number of carbonyl (C=O) groups is 1. The third-order valence-electron chi connectivity index (χ3n) is 5.38. The number of carbonyl (C=O) groups excluding carboxylic acids is 1. The molecule has 1 aliphatic heterocycles. The largest absolute Gasteiger partial charge is 0.497 e. The molecular weight excluding hydrogens is 502 g/mol. The summed E-state index contributed by atoms with van der Waals surface area (Å²) in [6, 6.07) is 15.7. The maximum atomic E-state index is 12.9. The first kappa shape index (κ1) is 23.5. The van der Waals surface area contributed by atoms with Crippen molar-refractivity contribution in [3.8, 4) is 29.6 Å². The van der Waals surface area contributed by atoms with Crippen molar-refractivity contribution in [1.29, 1.82) is 0 Å². The smallest absolute Gasteiger partial charge is 0.279 e. The Balaban J connectivity index is 1.40. The maximum Gasteiger partial charge on any atom is 0.279 e. The van der Waals surface area contributed by atoms with Crippen LogP contribution in [-0.2, 0) is 16.6 Å². The molecule has 0 fully saturated rings. The predicted molar refractivity (Wildman–Crippen MR) is 135 cm³/mol. The normalized spacial score (nSPS) is 12.9. The lowest BCUT2D eigenvalue weighted by Crippen LogP contribution is -2.16. The standard InChI is InChI=1S/C25H19N3O6S2/c1-3-12-28-20-13-21-22(34-15-33-21)14-23(20)35-25(28)26-24(29)16-4-6-17(7-5-16)27-36(30,31)19-10-8-18(32-2)9-11-19/h1,4-11,13-14,27H,12,15H2,2H3. The minimum Gasteiger partial charge on any atom is -0.497 e. The summed E-state index contributed by atoms with van der Waals surface area (Å²) in [7, 11) is -2.30.